The van der Waals surface area contributed by atoms with Gasteiger partial charge in [-0.3, -0.25) is 4.79 Å². The topological polar surface area (TPSA) is 71.7 Å². The van der Waals surface area contributed by atoms with Crippen molar-refractivity contribution in [2.45, 2.75) is 5.22 Å². The number of carbonyl (C=O) groups is 1. The molecular weight excluding hydrogens is 424 g/mol. The highest BCUT2D eigenvalue weighted by molar-refractivity contribution is 7.99. The molecule has 2 heterocycles. The molecule has 1 aliphatic rings. The van der Waals surface area contributed by atoms with E-state index in [1.165, 1.54) is 11.8 Å². The zero-order chi connectivity index (χ0) is 20.9. The standard InChI is InChI=1S/C21H21ClN4O3S/c1-28-18-4-2-3-17(13-18)25-9-11-26(12-10-25)19(27)14-30-21-24-23-20(29-21)15-5-7-16(22)8-6-15/h2-8,13H,9-12,14H2,1H3. The first-order valence-corrected chi connectivity index (χ1v) is 10.9. The van der Waals surface area contributed by atoms with E-state index < -0.39 is 0 Å². The molecule has 0 bridgehead atoms. The van der Waals surface area contributed by atoms with Crippen molar-refractivity contribution in [2.75, 3.05) is 43.9 Å². The molecule has 1 saturated heterocycles. The van der Waals surface area contributed by atoms with Gasteiger partial charge in [-0.2, -0.15) is 0 Å². The molecule has 4 rings (SSSR count). The number of nitrogens with zero attached hydrogens (tertiary/aromatic N) is 4. The summed E-state index contributed by atoms with van der Waals surface area (Å²) in [4.78, 5) is 16.7. The van der Waals surface area contributed by atoms with E-state index in [0.29, 0.717) is 29.2 Å². The molecule has 1 aliphatic heterocycles. The fourth-order valence-electron chi connectivity index (χ4n) is 3.21. The Balaban J connectivity index is 1.28. The summed E-state index contributed by atoms with van der Waals surface area (Å²) >= 11 is 7.15. The number of aromatic nitrogens is 2. The summed E-state index contributed by atoms with van der Waals surface area (Å²) in [6, 6.07) is 15.1. The van der Waals surface area contributed by atoms with Gasteiger partial charge < -0.3 is 19.0 Å². The molecule has 0 aliphatic carbocycles. The van der Waals surface area contributed by atoms with Gasteiger partial charge in [-0.05, 0) is 36.4 Å². The Morgan fingerprint density at radius 3 is 2.63 bits per heavy atom. The van der Waals surface area contributed by atoms with Crippen LogP contribution in [0.25, 0.3) is 11.5 Å². The zero-order valence-electron chi connectivity index (χ0n) is 16.5. The predicted octanol–water partition coefficient (Wildman–Crippen LogP) is 3.84. The molecule has 1 fully saturated rings. The summed E-state index contributed by atoms with van der Waals surface area (Å²) in [6.07, 6.45) is 0. The first kappa shape index (κ1) is 20.6. The van der Waals surface area contributed by atoms with Gasteiger partial charge in [-0.1, -0.05) is 29.4 Å². The van der Waals surface area contributed by atoms with E-state index in [1.54, 1.807) is 19.2 Å². The highest BCUT2D eigenvalue weighted by atomic mass is 35.5. The number of thioether (sulfide) groups is 1. The van der Waals surface area contributed by atoms with Gasteiger partial charge in [0.25, 0.3) is 5.22 Å². The molecule has 30 heavy (non-hydrogen) atoms. The van der Waals surface area contributed by atoms with E-state index >= 15 is 0 Å². The number of piperazine rings is 1. The Labute approximate surface area is 184 Å². The first-order valence-electron chi connectivity index (χ1n) is 9.51. The lowest BCUT2D eigenvalue weighted by Crippen LogP contribution is -2.49. The number of benzene rings is 2. The minimum atomic E-state index is 0.0662. The van der Waals surface area contributed by atoms with Crippen molar-refractivity contribution in [2.24, 2.45) is 0 Å². The molecule has 1 aromatic heterocycles. The third-order valence-corrected chi connectivity index (χ3v) is 5.92. The molecule has 0 unspecified atom stereocenters. The number of hydrogen-bond acceptors (Lipinski definition) is 7. The van der Waals surface area contributed by atoms with Gasteiger partial charge in [0.2, 0.25) is 11.8 Å². The maximum absolute atomic E-state index is 12.6. The van der Waals surface area contributed by atoms with Gasteiger partial charge >= 0.3 is 0 Å². The highest BCUT2D eigenvalue weighted by Gasteiger charge is 2.22. The smallest absolute Gasteiger partial charge is 0.277 e. The number of anilines is 1. The molecule has 0 atom stereocenters. The van der Waals surface area contributed by atoms with Crippen LogP contribution in [0.3, 0.4) is 0 Å². The second kappa shape index (κ2) is 9.40. The van der Waals surface area contributed by atoms with Gasteiger partial charge in [-0.15, -0.1) is 10.2 Å². The van der Waals surface area contributed by atoms with Crippen molar-refractivity contribution in [3.63, 3.8) is 0 Å². The van der Waals surface area contributed by atoms with Crippen molar-refractivity contribution in [3.05, 3.63) is 53.6 Å². The van der Waals surface area contributed by atoms with Crippen LogP contribution in [-0.2, 0) is 4.79 Å². The first-order chi connectivity index (χ1) is 14.6. The number of halogens is 1. The van der Waals surface area contributed by atoms with Crippen molar-refractivity contribution in [3.8, 4) is 17.2 Å². The van der Waals surface area contributed by atoms with Gasteiger partial charge in [-0.25, -0.2) is 0 Å². The molecule has 0 spiro atoms. The zero-order valence-corrected chi connectivity index (χ0v) is 18.0. The van der Waals surface area contributed by atoms with Crippen LogP contribution in [0.2, 0.25) is 5.02 Å². The Kier molecular flexibility index (Phi) is 6.44. The second-order valence-corrected chi connectivity index (χ2v) is 8.10. The predicted molar refractivity (Wildman–Crippen MR) is 117 cm³/mol. The van der Waals surface area contributed by atoms with Crippen LogP contribution in [0.15, 0.2) is 58.2 Å². The summed E-state index contributed by atoms with van der Waals surface area (Å²) in [5.74, 6) is 1.58. The number of hydrogen-bond donors (Lipinski definition) is 0. The third-order valence-electron chi connectivity index (χ3n) is 4.87. The van der Waals surface area contributed by atoms with Crippen LogP contribution in [0.1, 0.15) is 0 Å². The number of carbonyl (C=O) groups excluding carboxylic acids is 1. The summed E-state index contributed by atoms with van der Waals surface area (Å²) in [6.45, 7) is 2.92. The minimum absolute atomic E-state index is 0.0662. The Bertz CT molecular complexity index is 1000. The van der Waals surface area contributed by atoms with E-state index in [-0.39, 0.29) is 11.7 Å². The van der Waals surface area contributed by atoms with Crippen molar-refractivity contribution in [1.82, 2.24) is 15.1 Å². The van der Waals surface area contributed by atoms with E-state index in [2.05, 4.69) is 21.2 Å². The lowest BCUT2D eigenvalue weighted by molar-refractivity contribution is -0.128. The van der Waals surface area contributed by atoms with Gasteiger partial charge in [0, 0.05) is 48.5 Å². The van der Waals surface area contributed by atoms with Crippen LogP contribution in [0.5, 0.6) is 5.75 Å². The average molecular weight is 445 g/mol. The van der Waals surface area contributed by atoms with Crippen LogP contribution in [0, 0.1) is 0 Å². The summed E-state index contributed by atoms with van der Waals surface area (Å²) in [7, 11) is 1.66. The molecular formula is C21H21ClN4O3S. The Morgan fingerprint density at radius 2 is 1.90 bits per heavy atom. The van der Waals surface area contributed by atoms with Crippen molar-refractivity contribution < 1.29 is 13.9 Å². The molecule has 0 N–H and O–H groups in total. The quantitative estimate of drug-likeness (QED) is 0.535. The number of methoxy groups -OCH3 is 1. The second-order valence-electron chi connectivity index (χ2n) is 6.74. The lowest BCUT2D eigenvalue weighted by Gasteiger charge is -2.36. The molecule has 0 radical (unpaired) electrons. The van der Waals surface area contributed by atoms with E-state index in [9.17, 15) is 4.79 Å². The average Bonchev–Trinajstić information content (AvgIpc) is 3.27. The van der Waals surface area contributed by atoms with Gasteiger partial charge in [0.1, 0.15) is 5.75 Å². The third kappa shape index (κ3) is 4.88. The summed E-state index contributed by atoms with van der Waals surface area (Å²) < 4.78 is 10.9. The van der Waals surface area contributed by atoms with Crippen LogP contribution in [0.4, 0.5) is 5.69 Å². The fourth-order valence-corrected chi connectivity index (χ4v) is 4.01. The van der Waals surface area contributed by atoms with Gasteiger partial charge in [0.05, 0.1) is 12.9 Å². The van der Waals surface area contributed by atoms with E-state index in [1.807, 2.05) is 35.2 Å². The van der Waals surface area contributed by atoms with Crippen LogP contribution >= 0.6 is 23.4 Å². The van der Waals surface area contributed by atoms with Crippen molar-refractivity contribution >= 4 is 35.0 Å². The number of amides is 1. The van der Waals surface area contributed by atoms with Crippen molar-refractivity contribution in [1.29, 1.82) is 0 Å². The Morgan fingerprint density at radius 1 is 1.13 bits per heavy atom. The largest absolute Gasteiger partial charge is 0.497 e. The molecule has 9 heteroatoms. The van der Waals surface area contributed by atoms with Gasteiger partial charge in [0.15, 0.2) is 0 Å². The van der Waals surface area contributed by atoms with E-state index in [0.717, 1.165) is 30.1 Å². The molecule has 7 nitrogen and oxygen atoms in total. The maximum Gasteiger partial charge on any atom is 0.277 e. The highest BCUT2D eigenvalue weighted by Crippen LogP contribution is 2.25. The summed E-state index contributed by atoms with van der Waals surface area (Å²) in [5, 5.41) is 9.09. The van der Waals surface area contributed by atoms with Crippen LogP contribution < -0.4 is 9.64 Å². The monoisotopic (exact) mass is 444 g/mol. The summed E-state index contributed by atoms with van der Waals surface area (Å²) in [5.41, 5.74) is 1.90. The van der Waals surface area contributed by atoms with E-state index in [4.69, 9.17) is 20.8 Å². The molecule has 3 aromatic rings. The molecule has 0 saturated carbocycles. The maximum atomic E-state index is 12.6. The lowest BCUT2D eigenvalue weighted by atomic mass is 10.2. The van der Waals surface area contributed by atoms with Crippen LogP contribution in [-0.4, -0.2) is 60.0 Å². The number of rotatable bonds is 6. The Hall–Kier alpha value is -2.71. The molecule has 156 valence electrons. The molecule has 2 aromatic carbocycles. The minimum Gasteiger partial charge on any atom is -0.497 e. The normalized spacial score (nSPS) is 14.1. The number of ether oxygens (including phenoxy) is 1. The molecule has 1 amide bonds. The SMILES string of the molecule is COc1cccc(N2CCN(C(=O)CSc3nnc(-c4ccc(Cl)cc4)o3)CC2)c1. The fraction of sp³-hybridized carbons (Fsp3) is 0.286.